The summed E-state index contributed by atoms with van der Waals surface area (Å²) in [7, 11) is 0. The maximum absolute atomic E-state index is 12.6. The minimum absolute atomic E-state index is 0.200. The van der Waals surface area contributed by atoms with Crippen molar-refractivity contribution in [2.75, 3.05) is 6.54 Å². The van der Waals surface area contributed by atoms with Gasteiger partial charge in [-0.05, 0) is 37.0 Å². The molecule has 1 aliphatic rings. The van der Waals surface area contributed by atoms with Gasteiger partial charge >= 0.3 is 5.97 Å². The fraction of sp³-hybridized carbons (Fsp3) is 0.867. The van der Waals surface area contributed by atoms with E-state index in [9.17, 15) is 14.7 Å². The molecule has 0 spiro atoms. The lowest BCUT2D eigenvalue weighted by Crippen LogP contribution is -2.56. The van der Waals surface area contributed by atoms with Crippen LogP contribution in [-0.4, -0.2) is 29.6 Å². The van der Waals surface area contributed by atoms with Crippen LogP contribution in [0, 0.1) is 16.7 Å². The third kappa shape index (κ3) is 3.72. The van der Waals surface area contributed by atoms with E-state index in [4.69, 9.17) is 5.73 Å². The Bertz CT molecular complexity index is 366. The van der Waals surface area contributed by atoms with Gasteiger partial charge in [0.15, 0.2) is 0 Å². The number of carboxylic acid groups (broad SMARTS) is 1. The highest BCUT2D eigenvalue weighted by atomic mass is 16.4. The summed E-state index contributed by atoms with van der Waals surface area (Å²) in [6.45, 7) is 7.88. The molecular formula is C15H28N2O3. The Balaban J connectivity index is 2.84. The van der Waals surface area contributed by atoms with Gasteiger partial charge in [0.05, 0.1) is 5.41 Å². The molecule has 4 N–H and O–H groups in total. The molecule has 1 atom stereocenters. The van der Waals surface area contributed by atoms with Crippen LogP contribution >= 0.6 is 0 Å². The van der Waals surface area contributed by atoms with Crippen LogP contribution in [-0.2, 0) is 9.59 Å². The van der Waals surface area contributed by atoms with E-state index in [1.54, 1.807) is 0 Å². The second-order valence-corrected chi connectivity index (χ2v) is 7.28. The fourth-order valence-corrected chi connectivity index (χ4v) is 2.77. The number of nitrogens with two attached hydrogens (primary N) is 1. The molecule has 1 rings (SSSR count). The van der Waals surface area contributed by atoms with Crippen LogP contribution in [0.4, 0.5) is 0 Å². The number of hydrogen-bond donors (Lipinski definition) is 3. The molecule has 0 saturated heterocycles. The number of amides is 1. The van der Waals surface area contributed by atoms with Crippen molar-refractivity contribution in [3.63, 3.8) is 0 Å². The zero-order chi connectivity index (χ0) is 15.6. The number of carboxylic acids is 1. The molecule has 0 radical (unpaired) electrons. The highest BCUT2D eigenvalue weighted by Crippen LogP contribution is 2.38. The molecule has 1 aliphatic carbocycles. The van der Waals surface area contributed by atoms with Crippen molar-refractivity contribution in [1.82, 2.24) is 5.32 Å². The first-order valence-electron chi connectivity index (χ1n) is 7.36. The van der Waals surface area contributed by atoms with Crippen LogP contribution < -0.4 is 11.1 Å². The summed E-state index contributed by atoms with van der Waals surface area (Å²) in [4.78, 5) is 23.9. The van der Waals surface area contributed by atoms with E-state index >= 15 is 0 Å². The summed E-state index contributed by atoms with van der Waals surface area (Å²) in [6.07, 6.45) is 3.43. The molecular weight excluding hydrogens is 256 g/mol. The Morgan fingerprint density at radius 1 is 1.35 bits per heavy atom. The highest BCUT2D eigenvalue weighted by Gasteiger charge is 2.43. The quantitative estimate of drug-likeness (QED) is 0.733. The summed E-state index contributed by atoms with van der Waals surface area (Å²) in [5.41, 5.74) is 4.72. The number of carbonyl (C=O) groups is 2. The van der Waals surface area contributed by atoms with Gasteiger partial charge < -0.3 is 16.2 Å². The predicted molar refractivity (Wildman–Crippen MR) is 78.1 cm³/mol. The van der Waals surface area contributed by atoms with Gasteiger partial charge in [-0.3, -0.25) is 4.79 Å². The molecule has 20 heavy (non-hydrogen) atoms. The van der Waals surface area contributed by atoms with E-state index in [-0.39, 0.29) is 12.5 Å². The van der Waals surface area contributed by atoms with Gasteiger partial charge in [0.1, 0.15) is 6.04 Å². The Labute approximate surface area is 121 Å². The average Bonchev–Trinajstić information content (AvgIpc) is 2.35. The Morgan fingerprint density at radius 2 is 1.85 bits per heavy atom. The largest absolute Gasteiger partial charge is 0.480 e. The van der Waals surface area contributed by atoms with Crippen LogP contribution in [0.3, 0.4) is 0 Å². The predicted octanol–water partition coefficient (Wildman–Crippen LogP) is 1.76. The van der Waals surface area contributed by atoms with Gasteiger partial charge in [0.25, 0.3) is 0 Å². The standard InChI is InChI=1S/C15H28N2O3/c1-10-5-7-15(9-16,8-6-10)13(20)17-11(12(18)19)14(2,3)4/h10-11H,5-9,16H2,1-4H3,(H,17,20)(H,18,19)/t10?,11-,15?/m1/s1. The van der Waals surface area contributed by atoms with Crippen molar-refractivity contribution in [3.8, 4) is 0 Å². The lowest BCUT2D eigenvalue weighted by Gasteiger charge is -2.39. The van der Waals surface area contributed by atoms with Gasteiger partial charge in [-0.25, -0.2) is 4.79 Å². The van der Waals surface area contributed by atoms with Crippen molar-refractivity contribution in [3.05, 3.63) is 0 Å². The molecule has 0 aromatic carbocycles. The van der Waals surface area contributed by atoms with E-state index in [2.05, 4.69) is 12.2 Å². The van der Waals surface area contributed by atoms with Crippen molar-refractivity contribution in [2.24, 2.45) is 22.5 Å². The third-order valence-corrected chi connectivity index (χ3v) is 4.49. The zero-order valence-electron chi connectivity index (χ0n) is 13.0. The van der Waals surface area contributed by atoms with Gasteiger partial charge in [0, 0.05) is 6.54 Å². The van der Waals surface area contributed by atoms with Crippen LogP contribution in [0.2, 0.25) is 0 Å². The Kier molecular flexibility index (Phi) is 5.19. The zero-order valence-corrected chi connectivity index (χ0v) is 13.0. The summed E-state index contributed by atoms with van der Waals surface area (Å²) in [5.74, 6) is -0.586. The first-order valence-corrected chi connectivity index (χ1v) is 7.36. The van der Waals surface area contributed by atoms with E-state index in [1.165, 1.54) is 0 Å². The van der Waals surface area contributed by atoms with E-state index < -0.39 is 22.8 Å². The molecule has 0 heterocycles. The average molecular weight is 284 g/mol. The SMILES string of the molecule is CC1CCC(CN)(C(=O)N[C@H](C(=O)O)C(C)(C)C)CC1. The molecule has 0 aromatic rings. The molecule has 5 nitrogen and oxygen atoms in total. The van der Waals surface area contributed by atoms with Gasteiger partial charge in [-0.2, -0.15) is 0 Å². The lowest BCUT2D eigenvalue weighted by molar-refractivity contribution is -0.147. The molecule has 0 aromatic heterocycles. The van der Waals surface area contributed by atoms with E-state index in [0.717, 1.165) is 25.7 Å². The summed E-state index contributed by atoms with van der Waals surface area (Å²) in [5, 5.41) is 12.0. The van der Waals surface area contributed by atoms with Crippen molar-refractivity contribution in [1.29, 1.82) is 0 Å². The van der Waals surface area contributed by atoms with Crippen molar-refractivity contribution in [2.45, 2.75) is 59.4 Å². The molecule has 1 amide bonds. The highest BCUT2D eigenvalue weighted by molar-refractivity contribution is 5.88. The maximum Gasteiger partial charge on any atom is 0.326 e. The number of hydrogen-bond acceptors (Lipinski definition) is 3. The van der Waals surface area contributed by atoms with Gasteiger partial charge in [0.2, 0.25) is 5.91 Å². The molecule has 1 saturated carbocycles. The Morgan fingerprint density at radius 3 is 2.20 bits per heavy atom. The number of carbonyl (C=O) groups excluding carboxylic acids is 1. The summed E-state index contributed by atoms with van der Waals surface area (Å²) in [6, 6.07) is -0.891. The van der Waals surface area contributed by atoms with Crippen LogP contribution in [0.5, 0.6) is 0 Å². The number of nitrogens with one attached hydrogen (secondary N) is 1. The lowest BCUT2D eigenvalue weighted by atomic mass is 9.70. The molecule has 0 aliphatic heterocycles. The van der Waals surface area contributed by atoms with Crippen molar-refractivity contribution >= 4 is 11.9 Å². The van der Waals surface area contributed by atoms with E-state index in [0.29, 0.717) is 5.92 Å². The molecule has 0 unspecified atom stereocenters. The fourth-order valence-electron chi connectivity index (χ4n) is 2.77. The van der Waals surface area contributed by atoms with Crippen molar-refractivity contribution < 1.29 is 14.7 Å². The summed E-state index contributed by atoms with van der Waals surface area (Å²) < 4.78 is 0. The first kappa shape index (κ1) is 17.0. The van der Waals surface area contributed by atoms with Crippen LogP contribution in [0.1, 0.15) is 53.4 Å². The van der Waals surface area contributed by atoms with Crippen LogP contribution in [0.25, 0.3) is 0 Å². The van der Waals surface area contributed by atoms with E-state index in [1.807, 2.05) is 20.8 Å². The number of aliphatic carboxylic acids is 1. The minimum Gasteiger partial charge on any atom is -0.480 e. The molecule has 1 fully saturated rings. The smallest absolute Gasteiger partial charge is 0.326 e. The second-order valence-electron chi connectivity index (χ2n) is 7.28. The molecule has 116 valence electrons. The normalized spacial score (nSPS) is 28.8. The minimum atomic E-state index is -0.998. The Hall–Kier alpha value is -1.10. The number of rotatable bonds is 4. The van der Waals surface area contributed by atoms with Crippen LogP contribution in [0.15, 0.2) is 0 Å². The van der Waals surface area contributed by atoms with Gasteiger partial charge in [-0.1, -0.05) is 27.7 Å². The van der Waals surface area contributed by atoms with Gasteiger partial charge in [-0.15, -0.1) is 0 Å². The third-order valence-electron chi connectivity index (χ3n) is 4.49. The molecule has 0 bridgehead atoms. The maximum atomic E-state index is 12.6. The monoisotopic (exact) mass is 284 g/mol. The topological polar surface area (TPSA) is 92.4 Å². The first-order chi connectivity index (χ1) is 9.12. The second kappa shape index (κ2) is 6.12. The molecule has 5 heteroatoms. The summed E-state index contributed by atoms with van der Waals surface area (Å²) >= 11 is 0.